The minimum Gasteiger partial charge on any atom is -0.299 e. The van der Waals surface area contributed by atoms with E-state index in [1.165, 1.54) is 6.08 Å². The van der Waals surface area contributed by atoms with Crippen LogP contribution in [0.4, 0.5) is 0 Å². The molecule has 0 spiro atoms. The van der Waals surface area contributed by atoms with E-state index < -0.39 is 0 Å². The van der Waals surface area contributed by atoms with Crippen LogP contribution in [-0.4, -0.2) is 6.29 Å². The summed E-state index contributed by atoms with van der Waals surface area (Å²) in [6, 6.07) is 0. The molecule has 0 heterocycles. The van der Waals surface area contributed by atoms with Gasteiger partial charge in [-0.3, -0.25) is 4.79 Å². The number of unbranched alkanes of at least 4 members (excludes halogenated alkanes) is 1. The van der Waals surface area contributed by atoms with Crippen molar-refractivity contribution >= 4 is 17.9 Å². The van der Waals surface area contributed by atoms with Gasteiger partial charge in [0.1, 0.15) is 6.29 Å². The minimum atomic E-state index is 0.659. The lowest BCUT2D eigenvalue weighted by atomic mass is 10.2. The van der Waals surface area contributed by atoms with E-state index >= 15 is 0 Å². The van der Waals surface area contributed by atoms with E-state index in [-0.39, 0.29) is 0 Å². The minimum absolute atomic E-state index is 0.659. The molecule has 0 N–H and O–H groups in total. The maximum atomic E-state index is 9.82. The van der Waals surface area contributed by atoms with Gasteiger partial charge in [-0.25, -0.2) is 0 Å². The Morgan fingerprint density at radius 3 is 2.78 bits per heavy atom. The molecule has 0 rings (SSSR count). The van der Waals surface area contributed by atoms with Crippen molar-refractivity contribution in [3.8, 4) is 0 Å². The largest absolute Gasteiger partial charge is 0.299 e. The fraction of sp³-hybridized carbons (Fsp3) is 0.571. The number of hydrogen-bond acceptors (Lipinski definition) is 1. The molecule has 0 fully saturated rings. The number of carbonyl (C=O) groups is 1. The fourth-order valence-corrected chi connectivity index (χ4v) is 0.688. The Morgan fingerprint density at radius 1 is 1.67 bits per heavy atom. The highest BCUT2D eigenvalue weighted by Gasteiger charge is 1.88. The van der Waals surface area contributed by atoms with Crippen LogP contribution in [0.2, 0.25) is 0 Å². The summed E-state index contributed by atoms with van der Waals surface area (Å²) in [6.07, 6.45) is 5.12. The fourth-order valence-electron chi connectivity index (χ4n) is 0.503. The maximum Gasteiger partial charge on any atom is 0.143 e. The first-order valence-corrected chi connectivity index (χ1v) is 3.49. The van der Waals surface area contributed by atoms with Crippen molar-refractivity contribution in [3.05, 3.63) is 11.1 Å². The predicted octanol–water partition coefficient (Wildman–Crippen LogP) is 2.50. The summed E-state index contributed by atoms with van der Waals surface area (Å²) in [5.41, 5.74) is 0. The summed E-state index contributed by atoms with van der Waals surface area (Å²) < 4.78 is 0. The molecular formula is C7H11ClO. The number of rotatable bonds is 4. The SMILES string of the molecule is CCCCC(Cl)=CC=O. The third-order valence-electron chi connectivity index (χ3n) is 1.02. The highest BCUT2D eigenvalue weighted by Crippen LogP contribution is 2.09. The van der Waals surface area contributed by atoms with Crippen LogP contribution in [0.1, 0.15) is 26.2 Å². The van der Waals surface area contributed by atoms with Gasteiger partial charge in [-0.15, -0.1) is 0 Å². The Balaban J connectivity index is 3.36. The Morgan fingerprint density at radius 2 is 2.33 bits per heavy atom. The van der Waals surface area contributed by atoms with Crippen LogP contribution in [-0.2, 0) is 4.79 Å². The second-order valence-electron chi connectivity index (χ2n) is 1.85. The van der Waals surface area contributed by atoms with E-state index in [9.17, 15) is 4.79 Å². The Hall–Kier alpha value is -0.300. The first-order chi connectivity index (χ1) is 4.31. The summed E-state index contributed by atoms with van der Waals surface area (Å²) in [5.74, 6) is 0. The average Bonchev–Trinajstić information content (AvgIpc) is 1.85. The molecule has 0 aromatic heterocycles. The lowest BCUT2D eigenvalue weighted by Crippen LogP contribution is -1.74. The first kappa shape index (κ1) is 8.70. The van der Waals surface area contributed by atoms with Crippen molar-refractivity contribution in [1.82, 2.24) is 0 Å². The summed E-state index contributed by atoms with van der Waals surface area (Å²) in [6.45, 7) is 2.09. The van der Waals surface area contributed by atoms with Crippen LogP contribution in [0.15, 0.2) is 11.1 Å². The van der Waals surface area contributed by atoms with Gasteiger partial charge in [0.05, 0.1) is 0 Å². The third-order valence-corrected chi connectivity index (χ3v) is 1.33. The second kappa shape index (κ2) is 5.83. The van der Waals surface area contributed by atoms with Crippen LogP contribution in [0.5, 0.6) is 0 Å². The summed E-state index contributed by atoms with van der Waals surface area (Å²) in [4.78, 5) is 9.82. The standard InChI is InChI=1S/C7H11ClO/c1-2-3-4-7(8)5-6-9/h5-6H,2-4H2,1H3. The van der Waals surface area contributed by atoms with Gasteiger partial charge in [0, 0.05) is 5.03 Å². The molecule has 0 aliphatic carbocycles. The number of carbonyl (C=O) groups excluding carboxylic acids is 1. The molecule has 52 valence electrons. The van der Waals surface area contributed by atoms with Crippen molar-refractivity contribution < 1.29 is 4.79 Å². The number of allylic oxidation sites excluding steroid dienone is 2. The zero-order chi connectivity index (χ0) is 7.11. The van der Waals surface area contributed by atoms with Crippen molar-refractivity contribution in [1.29, 1.82) is 0 Å². The molecule has 0 aromatic carbocycles. The molecule has 0 aliphatic rings. The van der Waals surface area contributed by atoms with Crippen LogP contribution in [0.25, 0.3) is 0 Å². The highest BCUT2D eigenvalue weighted by molar-refractivity contribution is 6.30. The number of hydrogen-bond donors (Lipinski definition) is 0. The van der Waals surface area contributed by atoms with Crippen LogP contribution < -0.4 is 0 Å². The highest BCUT2D eigenvalue weighted by atomic mass is 35.5. The molecule has 0 saturated heterocycles. The van der Waals surface area contributed by atoms with E-state index in [1.54, 1.807) is 0 Å². The van der Waals surface area contributed by atoms with E-state index in [2.05, 4.69) is 6.92 Å². The Bertz CT molecular complexity index is 107. The lowest BCUT2D eigenvalue weighted by molar-refractivity contribution is -0.104. The van der Waals surface area contributed by atoms with Crippen molar-refractivity contribution in [2.75, 3.05) is 0 Å². The molecule has 0 aromatic rings. The molecule has 0 bridgehead atoms. The van der Waals surface area contributed by atoms with Crippen molar-refractivity contribution in [2.45, 2.75) is 26.2 Å². The summed E-state index contributed by atoms with van der Waals surface area (Å²) in [7, 11) is 0. The molecule has 0 atom stereocenters. The van der Waals surface area contributed by atoms with E-state index in [4.69, 9.17) is 11.6 Å². The molecule has 9 heavy (non-hydrogen) atoms. The molecule has 0 aliphatic heterocycles. The normalized spacial score (nSPS) is 11.6. The van der Waals surface area contributed by atoms with Crippen LogP contribution in [0, 0.1) is 0 Å². The van der Waals surface area contributed by atoms with Gasteiger partial charge in [0.15, 0.2) is 0 Å². The zero-order valence-corrected chi connectivity index (χ0v) is 6.32. The topological polar surface area (TPSA) is 17.1 Å². The number of aldehydes is 1. The molecular weight excluding hydrogens is 136 g/mol. The van der Waals surface area contributed by atoms with Crippen LogP contribution >= 0.6 is 11.6 Å². The molecule has 1 nitrogen and oxygen atoms in total. The van der Waals surface area contributed by atoms with E-state index in [0.717, 1.165) is 25.5 Å². The second-order valence-corrected chi connectivity index (χ2v) is 2.34. The smallest absolute Gasteiger partial charge is 0.143 e. The predicted molar refractivity (Wildman–Crippen MR) is 39.5 cm³/mol. The van der Waals surface area contributed by atoms with E-state index in [1.807, 2.05) is 0 Å². The molecule has 2 heteroatoms. The van der Waals surface area contributed by atoms with Gasteiger partial charge in [-0.1, -0.05) is 24.9 Å². The monoisotopic (exact) mass is 146 g/mol. The summed E-state index contributed by atoms with van der Waals surface area (Å²) >= 11 is 5.59. The molecule has 0 saturated carbocycles. The van der Waals surface area contributed by atoms with Gasteiger partial charge in [-0.05, 0) is 18.9 Å². The van der Waals surface area contributed by atoms with E-state index in [0.29, 0.717) is 5.03 Å². The van der Waals surface area contributed by atoms with Crippen molar-refractivity contribution in [3.63, 3.8) is 0 Å². The lowest BCUT2D eigenvalue weighted by Gasteiger charge is -1.91. The van der Waals surface area contributed by atoms with Gasteiger partial charge in [0.2, 0.25) is 0 Å². The molecule has 0 radical (unpaired) electrons. The summed E-state index contributed by atoms with van der Waals surface area (Å²) in [5, 5.41) is 0.659. The van der Waals surface area contributed by atoms with Gasteiger partial charge < -0.3 is 0 Å². The first-order valence-electron chi connectivity index (χ1n) is 3.11. The average molecular weight is 147 g/mol. The quantitative estimate of drug-likeness (QED) is 0.440. The maximum absolute atomic E-state index is 9.82. The van der Waals surface area contributed by atoms with Gasteiger partial charge in [0.25, 0.3) is 0 Å². The zero-order valence-electron chi connectivity index (χ0n) is 5.56. The van der Waals surface area contributed by atoms with Crippen molar-refractivity contribution in [2.24, 2.45) is 0 Å². The van der Waals surface area contributed by atoms with Gasteiger partial charge >= 0.3 is 0 Å². The Labute approximate surface area is 60.7 Å². The number of halogens is 1. The third kappa shape index (κ3) is 5.57. The Kier molecular flexibility index (Phi) is 5.64. The molecule has 0 unspecified atom stereocenters. The molecule has 0 amide bonds. The van der Waals surface area contributed by atoms with Crippen LogP contribution in [0.3, 0.4) is 0 Å². The van der Waals surface area contributed by atoms with Gasteiger partial charge in [-0.2, -0.15) is 0 Å².